The first-order valence-corrected chi connectivity index (χ1v) is 7.70. The van der Waals surface area contributed by atoms with Gasteiger partial charge < -0.3 is 9.73 Å². The molecular formula is C17H29NO. The molecule has 0 aliphatic heterocycles. The number of nitrogens with one attached hydrogen (secondary N) is 1. The Morgan fingerprint density at radius 2 is 1.89 bits per heavy atom. The van der Waals surface area contributed by atoms with Gasteiger partial charge in [0.05, 0.1) is 6.04 Å². The van der Waals surface area contributed by atoms with Crippen LogP contribution in [0.25, 0.3) is 0 Å². The summed E-state index contributed by atoms with van der Waals surface area (Å²) in [6.45, 7) is 11.3. The fraction of sp³-hybridized carbons (Fsp3) is 0.765. The van der Waals surface area contributed by atoms with E-state index in [1.165, 1.54) is 25.7 Å². The third-order valence-corrected chi connectivity index (χ3v) is 4.53. The molecule has 2 rings (SSSR count). The van der Waals surface area contributed by atoms with Crippen LogP contribution in [0.4, 0.5) is 0 Å². The van der Waals surface area contributed by atoms with Crippen molar-refractivity contribution in [3.05, 3.63) is 23.7 Å². The molecule has 1 aromatic rings. The van der Waals surface area contributed by atoms with Gasteiger partial charge in [-0.3, -0.25) is 0 Å². The fourth-order valence-corrected chi connectivity index (χ4v) is 3.46. The van der Waals surface area contributed by atoms with E-state index in [1.54, 1.807) is 0 Å². The summed E-state index contributed by atoms with van der Waals surface area (Å²) in [5.41, 5.74) is 0.386. The standard InChI is InChI=1S/C17H29NO/c1-12-10-11-16(19-12)13(2)18-15-9-7-6-8-14(15)17(3,4)5/h10-11,13-15,18H,6-9H2,1-5H3. The molecule has 0 saturated heterocycles. The lowest BCUT2D eigenvalue weighted by atomic mass is 9.69. The summed E-state index contributed by atoms with van der Waals surface area (Å²) in [5.74, 6) is 2.83. The molecule has 1 aliphatic rings. The van der Waals surface area contributed by atoms with Crippen LogP contribution in [0.5, 0.6) is 0 Å². The quantitative estimate of drug-likeness (QED) is 0.844. The van der Waals surface area contributed by atoms with Crippen molar-refractivity contribution in [3.8, 4) is 0 Å². The number of hydrogen-bond acceptors (Lipinski definition) is 2. The number of furan rings is 1. The summed E-state index contributed by atoms with van der Waals surface area (Å²) < 4.78 is 5.75. The lowest BCUT2D eigenvalue weighted by molar-refractivity contribution is 0.122. The Kier molecular flexibility index (Phi) is 4.39. The fourth-order valence-electron chi connectivity index (χ4n) is 3.46. The summed E-state index contributed by atoms with van der Waals surface area (Å²) in [7, 11) is 0. The second kappa shape index (κ2) is 5.70. The van der Waals surface area contributed by atoms with E-state index in [4.69, 9.17) is 4.42 Å². The summed E-state index contributed by atoms with van der Waals surface area (Å²) in [6.07, 6.45) is 5.39. The molecule has 3 unspecified atom stereocenters. The molecule has 1 aliphatic carbocycles. The van der Waals surface area contributed by atoms with E-state index in [-0.39, 0.29) is 0 Å². The van der Waals surface area contributed by atoms with E-state index in [9.17, 15) is 0 Å². The van der Waals surface area contributed by atoms with E-state index >= 15 is 0 Å². The maximum absolute atomic E-state index is 5.75. The Balaban J connectivity index is 2.03. The molecule has 108 valence electrons. The van der Waals surface area contributed by atoms with Gasteiger partial charge >= 0.3 is 0 Å². The van der Waals surface area contributed by atoms with Gasteiger partial charge in [0.2, 0.25) is 0 Å². The van der Waals surface area contributed by atoms with Gasteiger partial charge in [-0.25, -0.2) is 0 Å². The van der Waals surface area contributed by atoms with Crippen molar-refractivity contribution in [2.45, 2.75) is 72.4 Å². The van der Waals surface area contributed by atoms with Crippen molar-refractivity contribution < 1.29 is 4.42 Å². The molecule has 1 heterocycles. The molecule has 0 amide bonds. The molecule has 2 heteroatoms. The van der Waals surface area contributed by atoms with E-state index < -0.39 is 0 Å². The average Bonchev–Trinajstić information content (AvgIpc) is 2.75. The van der Waals surface area contributed by atoms with E-state index in [0.29, 0.717) is 17.5 Å². The van der Waals surface area contributed by atoms with Crippen LogP contribution in [-0.4, -0.2) is 6.04 Å². The highest BCUT2D eigenvalue weighted by atomic mass is 16.3. The predicted octanol–water partition coefficient (Wildman–Crippen LogP) is 4.84. The van der Waals surface area contributed by atoms with Gasteiger partial charge in [-0.05, 0) is 50.2 Å². The molecule has 1 N–H and O–H groups in total. The minimum Gasteiger partial charge on any atom is -0.465 e. The van der Waals surface area contributed by atoms with Gasteiger partial charge in [-0.2, -0.15) is 0 Å². The molecule has 0 aromatic carbocycles. The molecular weight excluding hydrogens is 234 g/mol. The lowest BCUT2D eigenvalue weighted by Crippen LogP contribution is -2.45. The highest BCUT2D eigenvalue weighted by molar-refractivity contribution is 5.09. The van der Waals surface area contributed by atoms with Crippen molar-refractivity contribution >= 4 is 0 Å². The number of rotatable bonds is 3. The Labute approximate surface area is 118 Å². The van der Waals surface area contributed by atoms with Crippen molar-refractivity contribution in [2.24, 2.45) is 11.3 Å². The molecule has 1 saturated carbocycles. The third kappa shape index (κ3) is 3.62. The molecule has 19 heavy (non-hydrogen) atoms. The minimum absolute atomic E-state index is 0.307. The maximum atomic E-state index is 5.75. The van der Waals surface area contributed by atoms with Crippen LogP contribution in [0.1, 0.15) is 70.9 Å². The molecule has 1 aromatic heterocycles. The summed E-state index contributed by atoms with van der Waals surface area (Å²) in [5, 5.41) is 3.81. The predicted molar refractivity (Wildman–Crippen MR) is 80.2 cm³/mol. The van der Waals surface area contributed by atoms with Gasteiger partial charge in [0.1, 0.15) is 11.5 Å². The highest BCUT2D eigenvalue weighted by Crippen LogP contribution is 2.38. The SMILES string of the molecule is Cc1ccc(C(C)NC2CCCCC2C(C)(C)C)o1. The molecule has 3 atom stereocenters. The second-order valence-electron chi connectivity index (χ2n) is 7.20. The Bertz CT molecular complexity index is 402. The van der Waals surface area contributed by atoms with Crippen molar-refractivity contribution in [2.75, 3.05) is 0 Å². The van der Waals surface area contributed by atoms with Gasteiger partial charge in [0.15, 0.2) is 0 Å². The maximum Gasteiger partial charge on any atom is 0.120 e. The topological polar surface area (TPSA) is 25.2 Å². The monoisotopic (exact) mass is 263 g/mol. The average molecular weight is 263 g/mol. The van der Waals surface area contributed by atoms with Crippen LogP contribution in [0.2, 0.25) is 0 Å². The summed E-state index contributed by atoms with van der Waals surface area (Å²) in [6, 6.07) is 5.08. The van der Waals surface area contributed by atoms with Crippen LogP contribution in [0.15, 0.2) is 16.5 Å². The molecule has 0 radical (unpaired) electrons. The molecule has 0 bridgehead atoms. The summed E-state index contributed by atoms with van der Waals surface area (Å²) >= 11 is 0. The van der Waals surface area contributed by atoms with Crippen molar-refractivity contribution in [1.29, 1.82) is 0 Å². The smallest absolute Gasteiger partial charge is 0.120 e. The van der Waals surface area contributed by atoms with Crippen LogP contribution in [0, 0.1) is 18.3 Å². The van der Waals surface area contributed by atoms with Crippen molar-refractivity contribution in [3.63, 3.8) is 0 Å². The Morgan fingerprint density at radius 1 is 1.21 bits per heavy atom. The third-order valence-electron chi connectivity index (χ3n) is 4.53. The first-order valence-electron chi connectivity index (χ1n) is 7.70. The van der Waals surface area contributed by atoms with Crippen molar-refractivity contribution in [1.82, 2.24) is 5.32 Å². The van der Waals surface area contributed by atoms with E-state index in [2.05, 4.69) is 45.1 Å². The lowest BCUT2D eigenvalue weighted by Gasteiger charge is -2.42. The van der Waals surface area contributed by atoms with Gasteiger partial charge in [-0.15, -0.1) is 0 Å². The Morgan fingerprint density at radius 3 is 2.47 bits per heavy atom. The molecule has 0 spiro atoms. The first-order chi connectivity index (χ1) is 8.88. The van der Waals surface area contributed by atoms with Crippen LogP contribution < -0.4 is 5.32 Å². The molecule has 1 fully saturated rings. The van der Waals surface area contributed by atoms with Gasteiger partial charge in [0, 0.05) is 6.04 Å². The van der Waals surface area contributed by atoms with E-state index in [1.807, 2.05) is 6.92 Å². The zero-order valence-electron chi connectivity index (χ0n) is 13.1. The normalized spacial score (nSPS) is 26.4. The largest absolute Gasteiger partial charge is 0.465 e. The summed E-state index contributed by atoms with van der Waals surface area (Å²) in [4.78, 5) is 0. The molecule has 2 nitrogen and oxygen atoms in total. The van der Waals surface area contributed by atoms with Crippen LogP contribution in [0.3, 0.4) is 0 Å². The number of hydrogen-bond donors (Lipinski definition) is 1. The van der Waals surface area contributed by atoms with E-state index in [0.717, 1.165) is 17.4 Å². The van der Waals surface area contributed by atoms with Crippen LogP contribution in [-0.2, 0) is 0 Å². The van der Waals surface area contributed by atoms with Gasteiger partial charge in [-0.1, -0.05) is 33.6 Å². The first kappa shape index (κ1) is 14.6. The Hall–Kier alpha value is -0.760. The zero-order chi connectivity index (χ0) is 14.0. The number of aryl methyl sites for hydroxylation is 1. The minimum atomic E-state index is 0.307. The van der Waals surface area contributed by atoms with Crippen LogP contribution >= 0.6 is 0 Å². The second-order valence-corrected chi connectivity index (χ2v) is 7.20. The highest BCUT2D eigenvalue weighted by Gasteiger charge is 2.34. The zero-order valence-corrected chi connectivity index (χ0v) is 13.1. The van der Waals surface area contributed by atoms with Gasteiger partial charge in [0.25, 0.3) is 0 Å².